The Morgan fingerprint density at radius 3 is 2.65 bits per heavy atom. The van der Waals surface area contributed by atoms with Gasteiger partial charge < -0.3 is 16.5 Å². The first-order chi connectivity index (χ1) is 14.6. The van der Waals surface area contributed by atoms with Crippen LogP contribution in [-0.4, -0.2) is 30.8 Å². The number of rotatable bonds is 8. The van der Waals surface area contributed by atoms with E-state index < -0.39 is 38.8 Å². The molecule has 0 radical (unpaired) electrons. The van der Waals surface area contributed by atoms with Crippen LogP contribution in [0, 0.1) is 23.0 Å². The van der Waals surface area contributed by atoms with Crippen LogP contribution in [0.15, 0.2) is 24.4 Å². The van der Waals surface area contributed by atoms with Gasteiger partial charge in [-0.05, 0) is 37.5 Å². The molecule has 31 heavy (non-hydrogen) atoms. The van der Waals surface area contributed by atoms with Gasteiger partial charge in [-0.25, -0.2) is 22.2 Å². The Balaban J connectivity index is 1.87. The molecule has 1 aromatic heterocycles. The first-order valence-electron chi connectivity index (χ1n) is 9.77. The van der Waals surface area contributed by atoms with Gasteiger partial charge in [0, 0.05) is 17.2 Å². The van der Waals surface area contributed by atoms with Crippen LogP contribution in [0.2, 0.25) is 0 Å². The van der Waals surface area contributed by atoms with Crippen LogP contribution in [0.4, 0.5) is 26.0 Å². The zero-order chi connectivity index (χ0) is 22.8. The van der Waals surface area contributed by atoms with Crippen molar-refractivity contribution < 1.29 is 22.0 Å². The standard InChI is InChI=1S/C20H23F2N5O3S/c1-2-8-31(29,30)27-15-7-6-14(21)16(17(15)22)20(28)26-12-9-13(19(24)25-10-12)18(23)11-4-3-5-11/h6-7,9-11,23,27H,2-5,8H2,1H3,(H2,24,25)(H,26,28). The van der Waals surface area contributed by atoms with Crippen molar-refractivity contribution in [3.8, 4) is 0 Å². The Labute approximate surface area is 178 Å². The summed E-state index contributed by atoms with van der Waals surface area (Å²) in [6.45, 7) is 1.64. The summed E-state index contributed by atoms with van der Waals surface area (Å²) in [5.74, 6) is -3.67. The fourth-order valence-electron chi connectivity index (χ4n) is 3.20. The Hall–Kier alpha value is -3.08. The van der Waals surface area contributed by atoms with Crippen LogP contribution in [0.5, 0.6) is 0 Å². The van der Waals surface area contributed by atoms with Crippen molar-refractivity contribution in [3.05, 3.63) is 47.2 Å². The molecule has 1 aliphatic carbocycles. The van der Waals surface area contributed by atoms with Crippen molar-refractivity contribution in [1.82, 2.24) is 4.98 Å². The molecule has 1 heterocycles. The van der Waals surface area contributed by atoms with Crippen molar-refractivity contribution in [2.75, 3.05) is 21.5 Å². The highest BCUT2D eigenvalue weighted by atomic mass is 32.2. The van der Waals surface area contributed by atoms with Gasteiger partial charge in [0.1, 0.15) is 17.2 Å². The lowest BCUT2D eigenvalue weighted by molar-refractivity contribution is 0.101. The lowest BCUT2D eigenvalue weighted by atomic mass is 9.79. The summed E-state index contributed by atoms with van der Waals surface area (Å²) in [4.78, 5) is 16.5. The lowest BCUT2D eigenvalue weighted by Crippen LogP contribution is -2.24. The number of hydrogen-bond donors (Lipinski definition) is 4. The third kappa shape index (κ3) is 4.98. The number of hydrogen-bond acceptors (Lipinski definition) is 6. The average Bonchev–Trinajstić information content (AvgIpc) is 2.64. The Bertz CT molecular complexity index is 1130. The van der Waals surface area contributed by atoms with Crippen molar-refractivity contribution in [2.24, 2.45) is 5.92 Å². The number of carbonyl (C=O) groups is 1. The van der Waals surface area contributed by atoms with Gasteiger partial charge in [-0.2, -0.15) is 0 Å². The molecule has 0 saturated heterocycles. The highest BCUT2D eigenvalue weighted by Crippen LogP contribution is 2.32. The topological polar surface area (TPSA) is 138 Å². The minimum absolute atomic E-state index is 0.0674. The normalized spacial score (nSPS) is 14.0. The van der Waals surface area contributed by atoms with Crippen molar-refractivity contribution in [1.29, 1.82) is 5.41 Å². The highest BCUT2D eigenvalue weighted by molar-refractivity contribution is 7.92. The molecule has 1 saturated carbocycles. The maximum Gasteiger partial charge on any atom is 0.261 e. The van der Waals surface area contributed by atoms with E-state index in [-0.39, 0.29) is 23.2 Å². The molecule has 1 amide bonds. The molecule has 1 aromatic carbocycles. The summed E-state index contributed by atoms with van der Waals surface area (Å²) in [5.41, 5.74) is 5.14. The van der Waals surface area contributed by atoms with Crippen LogP contribution < -0.4 is 15.8 Å². The molecular formula is C20H23F2N5O3S. The average molecular weight is 451 g/mol. The molecule has 8 nitrogen and oxygen atoms in total. The number of sulfonamides is 1. The van der Waals surface area contributed by atoms with Gasteiger partial charge >= 0.3 is 0 Å². The van der Waals surface area contributed by atoms with E-state index in [4.69, 9.17) is 11.1 Å². The van der Waals surface area contributed by atoms with Crippen molar-refractivity contribution in [2.45, 2.75) is 32.6 Å². The fraction of sp³-hybridized carbons (Fsp3) is 0.350. The molecule has 2 aromatic rings. The van der Waals surface area contributed by atoms with Crippen LogP contribution in [0.3, 0.4) is 0 Å². The molecule has 0 aliphatic heterocycles. The summed E-state index contributed by atoms with van der Waals surface area (Å²) in [6.07, 6.45) is 4.27. The zero-order valence-electron chi connectivity index (χ0n) is 16.8. The second-order valence-electron chi connectivity index (χ2n) is 7.36. The second-order valence-corrected chi connectivity index (χ2v) is 9.20. The van der Waals surface area contributed by atoms with Gasteiger partial charge in [-0.15, -0.1) is 0 Å². The summed E-state index contributed by atoms with van der Waals surface area (Å²) in [6, 6.07) is 3.16. The minimum atomic E-state index is -3.84. The van der Waals surface area contributed by atoms with E-state index in [0.717, 1.165) is 31.4 Å². The number of benzene rings is 1. The molecule has 3 rings (SSSR count). The Morgan fingerprint density at radius 1 is 1.32 bits per heavy atom. The smallest absolute Gasteiger partial charge is 0.261 e. The van der Waals surface area contributed by atoms with E-state index in [0.29, 0.717) is 17.7 Å². The third-order valence-electron chi connectivity index (χ3n) is 5.04. The van der Waals surface area contributed by atoms with E-state index in [1.807, 2.05) is 4.72 Å². The maximum atomic E-state index is 14.8. The Kier molecular flexibility index (Phi) is 6.54. The molecular weight excluding hydrogens is 428 g/mol. The molecule has 1 aliphatic rings. The number of aromatic nitrogens is 1. The summed E-state index contributed by atoms with van der Waals surface area (Å²) in [7, 11) is -3.84. The van der Waals surface area contributed by atoms with E-state index >= 15 is 0 Å². The molecule has 0 spiro atoms. The number of amides is 1. The predicted molar refractivity (Wildman–Crippen MR) is 115 cm³/mol. The maximum absolute atomic E-state index is 14.8. The van der Waals surface area contributed by atoms with E-state index in [1.165, 1.54) is 12.3 Å². The van der Waals surface area contributed by atoms with Gasteiger partial charge in [-0.3, -0.25) is 9.52 Å². The lowest BCUT2D eigenvalue weighted by Gasteiger charge is -2.26. The first kappa shape index (κ1) is 22.6. The molecule has 0 unspecified atom stereocenters. The number of pyridine rings is 1. The van der Waals surface area contributed by atoms with Crippen molar-refractivity contribution in [3.63, 3.8) is 0 Å². The van der Waals surface area contributed by atoms with Gasteiger partial charge in [0.15, 0.2) is 5.82 Å². The molecule has 1 fully saturated rings. The predicted octanol–water partition coefficient (Wildman–Crippen LogP) is 3.51. The van der Waals surface area contributed by atoms with Gasteiger partial charge in [-0.1, -0.05) is 13.3 Å². The third-order valence-corrected chi connectivity index (χ3v) is 6.51. The van der Waals surface area contributed by atoms with Gasteiger partial charge in [0.2, 0.25) is 10.0 Å². The highest BCUT2D eigenvalue weighted by Gasteiger charge is 2.26. The van der Waals surface area contributed by atoms with Crippen molar-refractivity contribution >= 4 is 38.8 Å². The fourth-order valence-corrected chi connectivity index (χ4v) is 4.33. The van der Waals surface area contributed by atoms with Crippen LogP contribution in [-0.2, 0) is 10.0 Å². The van der Waals surface area contributed by atoms with Crippen LogP contribution in [0.1, 0.15) is 48.5 Å². The number of carbonyl (C=O) groups excluding carboxylic acids is 1. The number of nitrogens with two attached hydrogens (primary N) is 1. The second kappa shape index (κ2) is 8.96. The SMILES string of the molecule is CCCS(=O)(=O)Nc1ccc(F)c(C(=O)Nc2cnc(N)c(C(=N)C3CCC3)c2)c1F. The van der Waals surface area contributed by atoms with E-state index in [9.17, 15) is 22.0 Å². The molecule has 166 valence electrons. The number of halogens is 2. The number of nitrogens with one attached hydrogen (secondary N) is 3. The molecule has 0 atom stereocenters. The molecule has 5 N–H and O–H groups in total. The summed E-state index contributed by atoms with van der Waals surface area (Å²) >= 11 is 0. The zero-order valence-corrected chi connectivity index (χ0v) is 17.7. The summed E-state index contributed by atoms with van der Waals surface area (Å²) in [5, 5.41) is 10.6. The first-order valence-corrected chi connectivity index (χ1v) is 11.4. The van der Waals surface area contributed by atoms with Crippen LogP contribution >= 0.6 is 0 Å². The number of nitrogen functional groups attached to an aromatic ring is 1. The molecule has 11 heteroatoms. The minimum Gasteiger partial charge on any atom is -0.383 e. The quantitative estimate of drug-likeness (QED) is 0.455. The van der Waals surface area contributed by atoms with Crippen LogP contribution in [0.25, 0.3) is 0 Å². The largest absolute Gasteiger partial charge is 0.383 e. The van der Waals surface area contributed by atoms with Gasteiger partial charge in [0.25, 0.3) is 5.91 Å². The van der Waals surface area contributed by atoms with E-state index in [1.54, 1.807) is 6.92 Å². The summed E-state index contributed by atoms with van der Waals surface area (Å²) < 4.78 is 54.9. The monoisotopic (exact) mass is 451 g/mol. The van der Waals surface area contributed by atoms with Gasteiger partial charge in [0.05, 0.1) is 23.3 Å². The van der Waals surface area contributed by atoms with E-state index in [2.05, 4.69) is 10.3 Å². The number of nitrogens with zero attached hydrogens (tertiary/aromatic N) is 1. The Morgan fingerprint density at radius 2 is 2.03 bits per heavy atom. The number of anilines is 3. The molecule has 0 bridgehead atoms.